The topological polar surface area (TPSA) is 133 Å². The van der Waals surface area contributed by atoms with Gasteiger partial charge >= 0.3 is 11.9 Å². The number of hydrogen-bond acceptors (Lipinski definition) is 4. The molecular weight excluding hydrogens is 244 g/mol. The maximum Gasteiger partial charge on any atom is 0.326 e. The zero-order valence-corrected chi connectivity index (χ0v) is 10.1. The van der Waals surface area contributed by atoms with Crippen molar-refractivity contribution in [2.24, 2.45) is 5.92 Å². The SMILES string of the molecule is CNC(=O)CC(NC(=O)C(C)CC(=O)O)C(=O)O. The maximum absolute atomic E-state index is 11.5. The first-order valence-corrected chi connectivity index (χ1v) is 5.23. The predicted molar refractivity (Wildman–Crippen MR) is 59.7 cm³/mol. The lowest BCUT2D eigenvalue weighted by Gasteiger charge is -2.16. The van der Waals surface area contributed by atoms with E-state index in [2.05, 4.69) is 10.6 Å². The van der Waals surface area contributed by atoms with Crippen molar-refractivity contribution in [1.82, 2.24) is 10.6 Å². The number of hydrogen-bond donors (Lipinski definition) is 4. The van der Waals surface area contributed by atoms with Crippen molar-refractivity contribution in [3.63, 3.8) is 0 Å². The molecule has 2 amide bonds. The van der Waals surface area contributed by atoms with Gasteiger partial charge in [-0.15, -0.1) is 0 Å². The van der Waals surface area contributed by atoms with Crippen LogP contribution in [0.1, 0.15) is 19.8 Å². The molecule has 8 heteroatoms. The van der Waals surface area contributed by atoms with Crippen LogP contribution in [0.4, 0.5) is 0 Å². The summed E-state index contributed by atoms with van der Waals surface area (Å²) in [5.74, 6) is -4.62. The van der Waals surface area contributed by atoms with Gasteiger partial charge in [0.2, 0.25) is 11.8 Å². The largest absolute Gasteiger partial charge is 0.481 e. The second-order valence-electron chi connectivity index (χ2n) is 3.78. The highest BCUT2D eigenvalue weighted by molar-refractivity contribution is 5.90. The highest BCUT2D eigenvalue weighted by atomic mass is 16.4. The van der Waals surface area contributed by atoms with Crippen LogP contribution >= 0.6 is 0 Å². The molecule has 0 spiro atoms. The minimum Gasteiger partial charge on any atom is -0.481 e. The van der Waals surface area contributed by atoms with Gasteiger partial charge in [0, 0.05) is 13.0 Å². The summed E-state index contributed by atoms with van der Waals surface area (Å²) in [4.78, 5) is 43.7. The fourth-order valence-corrected chi connectivity index (χ4v) is 1.16. The van der Waals surface area contributed by atoms with Crippen LogP contribution in [-0.2, 0) is 19.2 Å². The van der Waals surface area contributed by atoms with E-state index in [1.165, 1.54) is 14.0 Å². The fourth-order valence-electron chi connectivity index (χ4n) is 1.16. The molecule has 0 rings (SSSR count). The first-order valence-electron chi connectivity index (χ1n) is 5.23. The standard InChI is InChI=1S/C10H16N2O6/c1-5(3-8(14)15)9(16)12-6(10(17)18)4-7(13)11-2/h5-6H,3-4H2,1-2H3,(H,11,13)(H,12,16)(H,14,15)(H,17,18). The van der Waals surface area contributed by atoms with Gasteiger partial charge in [-0.05, 0) is 0 Å². The van der Waals surface area contributed by atoms with Gasteiger partial charge in [-0.1, -0.05) is 6.92 Å². The number of rotatable bonds is 7. The average molecular weight is 260 g/mol. The van der Waals surface area contributed by atoms with Crippen LogP contribution in [0.3, 0.4) is 0 Å². The lowest BCUT2D eigenvalue weighted by Crippen LogP contribution is -2.45. The van der Waals surface area contributed by atoms with Gasteiger partial charge in [-0.25, -0.2) is 4.79 Å². The molecule has 0 aliphatic heterocycles. The van der Waals surface area contributed by atoms with Crippen molar-refractivity contribution in [2.75, 3.05) is 7.05 Å². The van der Waals surface area contributed by atoms with Crippen LogP contribution in [0.25, 0.3) is 0 Å². The van der Waals surface area contributed by atoms with E-state index in [1.807, 2.05) is 0 Å². The van der Waals surface area contributed by atoms with Crippen molar-refractivity contribution >= 4 is 23.8 Å². The van der Waals surface area contributed by atoms with E-state index in [9.17, 15) is 19.2 Å². The number of amides is 2. The molecule has 2 unspecified atom stereocenters. The lowest BCUT2D eigenvalue weighted by molar-refractivity contribution is -0.145. The third kappa shape index (κ3) is 5.83. The van der Waals surface area contributed by atoms with Gasteiger partial charge in [-0.2, -0.15) is 0 Å². The van der Waals surface area contributed by atoms with Crippen molar-refractivity contribution in [1.29, 1.82) is 0 Å². The second-order valence-corrected chi connectivity index (χ2v) is 3.78. The molecule has 4 N–H and O–H groups in total. The van der Waals surface area contributed by atoms with Crippen LogP contribution in [0, 0.1) is 5.92 Å². The highest BCUT2D eigenvalue weighted by Crippen LogP contribution is 2.03. The molecule has 0 aliphatic rings. The zero-order chi connectivity index (χ0) is 14.3. The second kappa shape index (κ2) is 7.25. The molecule has 0 radical (unpaired) electrons. The first kappa shape index (κ1) is 15.9. The van der Waals surface area contributed by atoms with E-state index in [4.69, 9.17) is 10.2 Å². The predicted octanol–water partition coefficient (Wildman–Crippen LogP) is -1.20. The number of carbonyl (C=O) groups excluding carboxylic acids is 2. The quantitative estimate of drug-likeness (QED) is 0.454. The van der Waals surface area contributed by atoms with Gasteiger partial charge in [0.05, 0.1) is 12.8 Å². The van der Waals surface area contributed by atoms with E-state index in [0.717, 1.165) is 0 Å². The van der Waals surface area contributed by atoms with Gasteiger partial charge in [0.25, 0.3) is 0 Å². The first-order chi connectivity index (χ1) is 8.27. The lowest BCUT2D eigenvalue weighted by atomic mass is 10.1. The highest BCUT2D eigenvalue weighted by Gasteiger charge is 2.25. The summed E-state index contributed by atoms with van der Waals surface area (Å²) >= 11 is 0. The number of aliphatic carboxylic acids is 2. The summed E-state index contributed by atoms with van der Waals surface area (Å²) in [7, 11) is 1.34. The van der Waals surface area contributed by atoms with Crippen molar-refractivity contribution in [2.45, 2.75) is 25.8 Å². The van der Waals surface area contributed by atoms with Crippen LogP contribution in [0.5, 0.6) is 0 Å². The number of nitrogens with one attached hydrogen (secondary N) is 2. The van der Waals surface area contributed by atoms with Gasteiger partial charge in [-0.3, -0.25) is 14.4 Å². The normalized spacial score (nSPS) is 13.2. The van der Waals surface area contributed by atoms with E-state index in [-0.39, 0.29) is 0 Å². The van der Waals surface area contributed by atoms with E-state index >= 15 is 0 Å². The Morgan fingerprint density at radius 1 is 1.11 bits per heavy atom. The molecule has 0 aromatic carbocycles. The Hall–Kier alpha value is -2.12. The minimum atomic E-state index is -1.37. The molecule has 0 aromatic rings. The molecule has 0 aromatic heterocycles. The Labute approximate surface area is 103 Å². The summed E-state index contributed by atoms with van der Waals surface area (Å²) < 4.78 is 0. The molecule has 0 saturated carbocycles. The molecule has 0 bridgehead atoms. The molecule has 2 atom stereocenters. The van der Waals surface area contributed by atoms with Crippen molar-refractivity contribution < 1.29 is 29.4 Å². The summed E-state index contributed by atoms with van der Waals surface area (Å²) in [6, 6.07) is -1.37. The summed E-state index contributed by atoms with van der Waals surface area (Å²) in [6.45, 7) is 1.36. The minimum absolute atomic E-state index is 0.405. The van der Waals surface area contributed by atoms with Crippen LogP contribution in [0.15, 0.2) is 0 Å². The summed E-state index contributed by atoms with van der Waals surface area (Å²) in [6.07, 6.45) is -0.810. The smallest absolute Gasteiger partial charge is 0.326 e. The molecule has 102 valence electrons. The Balaban J connectivity index is 4.49. The number of carboxylic acids is 2. The molecule has 18 heavy (non-hydrogen) atoms. The fraction of sp³-hybridized carbons (Fsp3) is 0.600. The number of carbonyl (C=O) groups is 4. The molecule has 0 aliphatic carbocycles. The van der Waals surface area contributed by atoms with E-state index in [1.54, 1.807) is 0 Å². The van der Waals surface area contributed by atoms with E-state index in [0.29, 0.717) is 0 Å². The van der Waals surface area contributed by atoms with Crippen molar-refractivity contribution in [3.05, 3.63) is 0 Å². The average Bonchev–Trinajstić information content (AvgIpc) is 2.26. The zero-order valence-electron chi connectivity index (χ0n) is 10.1. The van der Waals surface area contributed by atoms with Crippen LogP contribution < -0.4 is 10.6 Å². The third-order valence-corrected chi connectivity index (χ3v) is 2.21. The van der Waals surface area contributed by atoms with Gasteiger partial charge < -0.3 is 20.8 Å². The molecule has 8 nitrogen and oxygen atoms in total. The van der Waals surface area contributed by atoms with Crippen molar-refractivity contribution in [3.8, 4) is 0 Å². The monoisotopic (exact) mass is 260 g/mol. The van der Waals surface area contributed by atoms with Crippen LogP contribution in [-0.4, -0.2) is 47.1 Å². The van der Waals surface area contributed by atoms with Crippen LogP contribution in [0.2, 0.25) is 0 Å². The molecule has 0 fully saturated rings. The summed E-state index contributed by atoms with van der Waals surface area (Å²) in [5, 5.41) is 21.7. The van der Waals surface area contributed by atoms with E-state index < -0.39 is 48.6 Å². The Bertz CT molecular complexity index is 354. The third-order valence-electron chi connectivity index (χ3n) is 2.21. The molecular formula is C10H16N2O6. The Morgan fingerprint density at radius 2 is 1.67 bits per heavy atom. The number of carboxylic acid groups (broad SMARTS) is 2. The maximum atomic E-state index is 11.5. The Kier molecular flexibility index (Phi) is 6.40. The Morgan fingerprint density at radius 3 is 2.06 bits per heavy atom. The molecule has 0 saturated heterocycles. The van der Waals surface area contributed by atoms with Gasteiger partial charge in [0.1, 0.15) is 6.04 Å². The van der Waals surface area contributed by atoms with Gasteiger partial charge in [0.15, 0.2) is 0 Å². The summed E-state index contributed by atoms with van der Waals surface area (Å²) in [5.41, 5.74) is 0. The molecule has 0 heterocycles.